The van der Waals surface area contributed by atoms with Gasteiger partial charge in [-0.25, -0.2) is 9.79 Å². The molecule has 3 aliphatic heterocycles. The van der Waals surface area contributed by atoms with E-state index in [1.165, 1.54) is 9.80 Å². The van der Waals surface area contributed by atoms with Crippen LogP contribution in [0.25, 0.3) is 0 Å². The summed E-state index contributed by atoms with van der Waals surface area (Å²) < 4.78 is 0. The first-order valence-electron chi connectivity index (χ1n) is 8.68. The first-order chi connectivity index (χ1) is 12.8. The molecule has 9 nitrogen and oxygen atoms in total. The summed E-state index contributed by atoms with van der Waals surface area (Å²) in [7, 11) is 1.66. The van der Waals surface area contributed by atoms with Gasteiger partial charge >= 0.3 is 6.03 Å². The molecule has 140 valence electrons. The van der Waals surface area contributed by atoms with E-state index in [2.05, 4.69) is 4.99 Å². The predicted molar refractivity (Wildman–Crippen MR) is 98.6 cm³/mol. The monoisotopic (exact) mass is 368 g/mol. The summed E-state index contributed by atoms with van der Waals surface area (Å²) in [6.45, 7) is 4.01. The van der Waals surface area contributed by atoms with Crippen molar-refractivity contribution in [3.8, 4) is 0 Å². The highest BCUT2D eigenvalue weighted by molar-refractivity contribution is 6.10. The van der Waals surface area contributed by atoms with E-state index in [4.69, 9.17) is 5.73 Å². The number of hydrogen-bond donors (Lipinski definition) is 1. The van der Waals surface area contributed by atoms with Crippen LogP contribution < -0.4 is 10.6 Å². The van der Waals surface area contributed by atoms with Crippen molar-refractivity contribution in [2.45, 2.75) is 26.1 Å². The zero-order chi connectivity index (χ0) is 19.5. The molecule has 2 N–H and O–H groups in total. The molecule has 3 aliphatic rings. The number of carbonyl (C=O) groups excluding carboxylic acids is 3. The van der Waals surface area contributed by atoms with Gasteiger partial charge in [0, 0.05) is 36.7 Å². The van der Waals surface area contributed by atoms with Gasteiger partial charge in [0.1, 0.15) is 0 Å². The van der Waals surface area contributed by atoms with E-state index in [1.54, 1.807) is 38.2 Å². The Balaban J connectivity index is 1.71. The van der Waals surface area contributed by atoms with Crippen LogP contribution in [0, 0.1) is 0 Å². The number of amides is 4. The third-order valence-corrected chi connectivity index (χ3v) is 5.11. The molecule has 9 heteroatoms. The number of aliphatic imine (C=N–C) groups is 1. The molecule has 0 aromatic heterocycles. The van der Waals surface area contributed by atoms with E-state index in [1.807, 2.05) is 22.9 Å². The number of allylic oxidation sites excluding steroid dienone is 1. The zero-order valence-corrected chi connectivity index (χ0v) is 15.3. The summed E-state index contributed by atoms with van der Waals surface area (Å²) >= 11 is 0. The first kappa shape index (κ1) is 17.1. The summed E-state index contributed by atoms with van der Waals surface area (Å²) in [5.41, 5.74) is 7.40. The second kappa shape index (κ2) is 5.83. The molecule has 1 aromatic carbocycles. The number of primary amides is 1. The lowest BCUT2D eigenvalue weighted by Crippen LogP contribution is -2.64. The van der Waals surface area contributed by atoms with E-state index in [-0.39, 0.29) is 11.9 Å². The molecule has 2 unspecified atom stereocenters. The van der Waals surface area contributed by atoms with Crippen molar-refractivity contribution in [1.29, 1.82) is 0 Å². The third-order valence-electron chi connectivity index (χ3n) is 5.11. The Kier molecular flexibility index (Phi) is 3.69. The van der Waals surface area contributed by atoms with Crippen LogP contribution in [-0.2, 0) is 4.79 Å². The van der Waals surface area contributed by atoms with Crippen molar-refractivity contribution in [1.82, 2.24) is 14.7 Å². The van der Waals surface area contributed by atoms with Gasteiger partial charge in [-0.2, -0.15) is 0 Å². The minimum Gasteiger partial charge on any atom is -0.366 e. The van der Waals surface area contributed by atoms with Gasteiger partial charge in [0.2, 0.25) is 11.9 Å². The summed E-state index contributed by atoms with van der Waals surface area (Å²) in [4.78, 5) is 47.7. The Hall–Kier alpha value is -3.36. The van der Waals surface area contributed by atoms with Gasteiger partial charge in [0.05, 0.1) is 0 Å². The molecular weight excluding hydrogens is 348 g/mol. The number of hydrogen-bond acceptors (Lipinski definition) is 6. The lowest BCUT2D eigenvalue weighted by atomic mass is 10.1. The summed E-state index contributed by atoms with van der Waals surface area (Å²) in [6.07, 6.45) is 1.29. The van der Waals surface area contributed by atoms with E-state index < -0.39 is 18.1 Å². The first-order valence-corrected chi connectivity index (χ1v) is 8.68. The minimum absolute atomic E-state index is 0.251. The molecule has 4 rings (SSSR count). The fourth-order valence-corrected chi connectivity index (χ4v) is 3.74. The number of imide groups is 1. The van der Waals surface area contributed by atoms with Crippen LogP contribution >= 0.6 is 0 Å². The highest BCUT2D eigenvalue weighted by atomic mass is 16.2. The average Bonchev–Trinajstić information content (AvgIpc) is 3.15. The number of nitrogens with zero attached hydrogens (tertiary/aromatic N) is 5. The fourth-order valence-electron chi connectivity index (χ4n) is 3.74. The van der Waals surface area contributed by atoms with Crippen molar-refractivity contribution in [2.24, 2.45) is 10.7 Å². The lowest BCUT2D eigenvalue weighted by molar-refractivity contribution is -0.136. The van der Waals surface area contributed by atoms with Gasteiger partial charge in [-0.3, -0.25) is 19.4 Å². The van der Waals surface area contributed by atoms with Crippen LogP contribution in [0.3, 0.4) is 0 Å². The van der Waals surface area contributed by atoms with E-state index >= 15 is 0 Å². The van der Waals surface area contributed by atoms with Crippen molar-refractivity contribution >= 4 is 29.5 Å². The van der Waals surface area contributed by atoms with E-state index in [9.17, 15) is 14.4 Å². The van der Waals surface area contributed by atoms with E-state index in [0.717, 1.165) is 11.4 Å². The molecule has 1 saturated heterocycles. The second-order valence-corrected chi connectivity index (χ2v) is 6.69. The molecule has 1 aromatic rings. The number of urea groups is 1. The van der Waals surface area contributed by atoms with Crippen LogP contribution in [0.5, 0.6) is 0 Å². The molecule has 0 spiro atoms. The average molecular weight is 368 g/mol. The van der Waals surface area contributed by atoms with Crippen molar-refractivity contribution < 1.29 is 14.4 Å². The van der Waals surface area contributed by atoms with Crippen molar-refractivity contribution in [3.05, 3.63) is 41.7 Å². The Morgan fingerprint density at radius 2 is 1.89 bits per heavy atom. The van der Waals surface area contributed by atoms with Crippen LogP contribution in [-0.4, -0.2) is 64.3 Å². The maximum Gasteiger partial charge on any atom is 0.328 e. The number of benzene rings is 1. The maximum absolute atomic E-state index is 12.9. The Labute approximate surface area is 156 Å². The highest BCUT2D eigenvalue weighted by Gasteiger charge is 2.54. The Morgan fingerprint density at radius 3 is 2.48 bits per heavy atom. The van der Waals surface area contributed by atoms with Gasteiger partial charge in [-0.1, -0.05) is 0 Å². The molecule has 1 fully saturated rings. The lowest BCUT2D eigenvalue weighted by Gasteiger charge is -2.39. The summed E-state index contributed by atoms with van der Waals surface area (Å²) in [6, 6.07) is 5.94. The van der Waals surface area contributed by atoms with Gasteiger partial charge in [-0.05, 0) is 38.1 Å². The van der Waals surface area contributed by atoms with Crippen molar-refractivity contribution in [3.63, 3.8) is 0 Å². The van der Waals surface area contributed by atoms with Gasteiger partial charge in [0.15, 0.2) is 12.2 Å². The molecular formula is C18H20N6O3. The predicted octanol–water partition coefficient (Wildman–Crippen LogP) is 0.747. The number of fused-ring (bicyclic) bond motifs is 3. The molecule has 2 atom stereocenters. The molecule has 4 amide bonds. The topological polar surface area (TPSA) is 103 Å². The molecule has 0 bridgehead atoms. The normalized spacial score (nSPS) is 24.1. The fraction of sp³-hybridized carbons (Fsp3) is 0.333. The summed E-state index contributed by atoms with van der Waals surface area (Å²) in [5, 5.41) is 0. The van der Waals surface area contributed by atoms with Crippen LogP contribution in [0.15, 0.2) is 41.2 Å². The number of carbonyl (C=O) groups is 3. The number of likely N-dealkylation sites (N-methyl/N-ethyl adjacent to an activating group) is 2. The number of guanidine groups is 1. The summed E-state index contributed by atoms with van der Waals surface area (Å²) in [5.74, 6) is -0.161. The zero-order valence-electron chi connectivity index (χ0n) is 15.3. The Bertz CT molecular complexity index is 906. The number of anilines is 1. The Morgan fingerprint density at radius 1 is 1.22 bits per heavy atom. The molecule has 27 heavy (non-hydrogen) atoms. The number of rotatable bonds is 3. The van der Waals surface area contributed by atoms with Crippen LogP contribution in [0.4, 0.5) is 10.5 Å². The highest BCUT2D eigenvalue weighted by Crippen LogP contribution is 2.36. The molecule has 0 radical (unpaired) electrons. The van der Waals surface area contributed by atoms with Crippen LogP contribution in [0.2, 0.25) is 0 Å². The number of nitrogens with two attached hydrogens (primary N) is 1. The quantitative estimate of drug-likeness (QED) is 0.848. The molecule has 0 aliphatic carbocycles. The van der Waals surface area contributed by atoms with Gasteiger partial charge in [0.25, 0.3) is 5.91 Å². The molecule has 0 saturated carbocycles. The minimum atomic E-state index is -0.576. The third kappa shape index (κ3) is 2.31. The molecule has 3 heterocycles. The van der Waals surface area contributed by atoms with Gasteiger partial charge < -0.3 is 15.5 Å². The largest absolute Gasteiger partial charge is 0.366 e. The van der Waals surface area contributed by atoms with Crippen LogP contribution in [0.1, 0.15) is 24.2 Å². The van der Waals surface area contributed by atoms with Gasteiger partial charge in [-0.15, -0.1) is 0 Å². The second-order valence-electron chi connectivity index (χ2n) is 6.69. The smallest absolute Gasteiger partial charge is 0.328 e. The van der Waals surface area contributed by atoms with E-state index in [0.29, 0.717) is 18.1 Å². The maximum atomic E-state index is 12.9. The SMILES string of the molecule is CCN1C(=O)C2C(N=C3N(c4ccc(C(N)=O)cc4)C(C)=CN32)N(C)C1=O. The standard InChI is InChI=1S/C18H20N6O3/c1-4-22-16(26)13-15(21(3)18(22)27)20-17-23(13)9-10(2)24(17)12-7-5-11(6-8-12)14(19)25/h5-9,13,15H,4H2,1-3H3,(H2,19,25). The van der Waals surface area contributed by atoms with Crippen molar-refractivity contribution in [2.75, 3.05) is 18.5 Å².